The fourth-order valence-corrected chi connectivity index (χ4v) is 2.69. The molecule has 2 aliphatic heterocycles. The van der Waals surface area contributed by atoms with Gasteiger partial charge in [0.05, 0.1) is 18.8 Å². The van der Waals surface area contributed by atoms with E-state index in [2.05, 4.69) is 5.32 Å². The summed E-state index contributed by atoms with van der Waals surface area (Å²) in [6, 6.07) is 0.193. The van der Waals surface area contributed by atoms with Crippen LogP contribution in [0.15, 0.2) is 23.6 Å². The fraction of sp³-hybridized carbons (Fsp3) is 0.714. The zero-order chi connectivity index (χ0) is 13.1. The molecule has 3 rings (SSSR count). The Kier molecular flexibility index (Phi) is 4.06. The molecule has 3 aliphatic rings. The van der Waals surface area contributed by atoms with Crippen LogP contribution in [0.3, 0.4) is 0 Å². The zero-order valence-corrected chi connectivity index (χ0v) is 11.1. The van der Waals surface area contributed by atoms with Crippen LogP contribution in [-0.2, 0) is 14.2 Å². The number of nitrogens with one attached hydrogen (secondary N) is 1. The second kappa shape index (κ2) is 5.94. The van der Waals surface area contributed by atoms with E-state index in [0.717, 1.165) is 30.9 Å². The lowest BCUT2D eigenvalue weighted by Gasteiger charge is -2.35. The van der Waals surface area contributed by atoms with Gasteiger partial charge in [0.15, 0.2) is 0 Å². The van der Waals surface area contributed by atoms with E-state index in [4.69, 9.17) is 19.9 Å². The summed E-state index contributed by atoms with van der Waals surface area (Å²) < 4.78 is 17.2. The quantitative estimate of drug-likeness (QED) is 0.798. The highest BCUT2D eigenvalue weighted by Gasteiger charge is 2.29. The van der Waals surface area contributed by atoms with E-state index in [1.807, 2.05) is 12.2 Å². The highest BCUT2D eigenvalue weighted by atomic mass is 16.6. The summed E-state index contributed by atoms with van der Waals surface area (Å²) in [6.45, 7) is 2.04. The Bertz CT molecular complexity index is 375. The Morgan fingerprint density at radius 2 is 2.37 bits per heavy atom. The van der Waals surface area contributed by atoms with Gasteiger partial charge in [-0.25, -0.2) is 0 Å². The van der Waals surface area contributed by atoms with E-state index < -0.39 is 0 Å². The third-order valence-electron chi connectivity index (χ3n) is 3.79. The van der Waals surface area contributed by atoms with Crippen molar-refractivity contribution in [1.82, 2.24) is 5.32 Å². The largest absolute Gasteiger partial charge is 0.492 e. The first-order chi connectivity index (χ1) is 9.31. The standard InChI is InChI=1S/C14H22N2O3/c15-10-4-5-12-13(7-10)18-9-14(16-12)19-8-11-3-1-2-6-17-11/h4,7,11-12,14,16H,1-3,5-6,8-9,15H2/t11?,12?,14-/m0/s1. The molecule has 2 saturated heterocycles. The normalized spacial score (nSPS) is 34.8. The minimum Gasteiger partial charge on any atom is -0.492 e. The lowest BCUT2D eigenvalue weighted by Crippen LogP contribution is -2.50. The predicted octanol–water partition coefficient (Wildman–Crippen LogP) is 1.02. The number of hydrogen-bond donors (Lipinski definition) is 2. The zero-order valence-electron chi connectivity index (χ0n) is 11.1. The van der Waals surface area contributed by atoms with Crippen LogP contribution in [-0.4, -0.2) is 38.2 Å². The Morgan fingerprint density at radius 3 is 3.21 bits per heavy atom. The number of nitrogens with two attached hydrogens (primary N) is 1. The van der Waals surface area contributed by atoms with Crippen molar-refractivity contribution in [1.29, 1.82) is 0 Å². The summed E-state index contributed by atoms with van der Waals surface area (Å²) in [5.74, 6) is 0.925. The summed E-state index contributed by atoms with van der Waals surface area (Å²) in [5.41, 5.74) is 6.54. The molecule has 0 aromatic carbocycles. The molecule has 2 unspecified atom stereocenters. The second-order valence-electron chi connectivity index (χ2n) is 5.33. The van der Waals surface area contributed by atoms with Crippen molar-refractivity contribution in [2.75, 3.05) is 19.8 Å². The lowest BCUT2D eigenvalue weighted by molar-refractivity contribution is -0.101. The van der Waals surface area contributed by atoms with Gasteiger partial charge < -0.3 is 19.9 Å². The minimum absolute atomic E-state index is 0.0552. The maximum Gasteiger partial charge on any atom is 0.143 e. The van der Waals surface area contributed by atoms with Gasteiger partial charge in [0.1, 0.15) is 18.6 Å². The number of morpholine rings is 1. The van der Waals surface area contributed by atoms with Crippen LogP contribution in [0.2, 0.25) is 0 Å². The first-order valence-electron chi connectivity index (χ1n) is 7.10. The molecule has 0 amide bonds. The Labute approximate surface area is 113 Å². The Balaban J connectivity index is 1.45. The van der Waals surface area contributed by atoms with Crippen molar-refractivity contribution in [3.63, 3.8) is 0 Å². The fourth-order valence-electron chi connectivity index (χ4n) is 2.69. The molecule has 0 spiro atoms. The van der Waals surface area contributed by atoms with Crippen molar-refractivity contribution < 1.29 is 14.2 Å². The molecule has 19 heavy (non-hydrogen) atoms. The molecule has 0 radical (unpaired) electrons. The van der Waals surface area contributed by atoms with Crippen LogP contribution in [0.4, 0.5) is 0 Å². The summed E-state index contributed by atoms with van der Waals surface area (Å²) in [4.78, 5) is 0. The van der Waals surface area contributed by atoms with Gasteiger partial charge in [0.25, 0.3) is 0 Å². The van der Waals surface area contributed by atoms with Gasteiger partial charge in [-0.05, 0) is 25.7 Å². The highest BCUT2D eigenvalue weighted by molar-refractivity contribution is 5.27. The number of hydrogen-bond acceptors (Lipinski definition) is 5. The molecule has 0 aromatic heterocycles. The van der Waals surface area contributed by atoms with Crippen LogP contribution in [0.1, 0.15) is 25.7 Å². The maximum atomic E-state index is 5.86. The third kappa shape index (κ3) is 3.29. The molecule has 5 nitrogen and oxygen atoms in total. The van der Waals surface area contributed by atoms with Crippen molar-refractivity contribution in [3.05, 3.63) is 23.6 Å². The van der Waals surface area contributed by atoms with Gasteiger partial charge in [-0.1, -0.05) is 6.08 Å². The van der Waals surface area contributed by atoms with Crippen molar-refractivity contribution in [3.8, 4) is 0 Å². The third-order valence-corrected chi connectivity index (χ3v) is 3.79. The summed E-state index contributed by atoms with van der Waals surface area (Å²) in [5, 5.41) is 3.44. The van der Waals surface area contributed by atoms with Gasteiger partial charge in [0.2, 0.25) is 0 Å². The topological polar surface area (TPSA) is 65.7 Å². The lowest BCUT2D eigenvalue weighted by atomic mass is 10.0. The van der Waals surface area contributed by atoms with Crippen LogP contribution < -0.4 is 11.1 Å². The van der Waals surface area contributed by atoms with Gasteiger partial charge in [0, 0.05) is 18.4 Å². The summed E-state index contributed by atoms with van der Waals surface area (Å²) in [6.07, 6.45) is 8.46. The summed E-state index contributed by atoms with van der Waals surface area (Å²) >= 11 is 0. The van der Waals surface area contributed by atoms with E-state index >= 15 is 0 Å². The molecule has 0 saturated carbocycles. The summed E-state index contributed by atoms with van der Waals surface area (Å²) in [7, 11) is 0. The Morgan fingerprint density at radius 1 is 1.42 bits per heavy atom. The highest BCUT2D eigenvalue weighted by Crippen LogP contribution is 2.22. The predicted molar refractivity (Wildman–Crippen MR) is 71.2 cm³/mol. The molecule has 0 bridgehead atoms. The first kappa shape index (κ1) is 13.0. The molecule has 106 valence electrons. The van der Waals surface area contributed by atoms with Crippen LogP contribution in [0.25, 0.3) is 0 Å². The monoisotopic (exact) mass is 266 g/mol. The molecule has 2 heterocycles. The van der Waals surface area contributed by atoms with Crippen molar-refractivity contribution >= 4 is 0 Å². The van der Waals surface area contributed by atoms with Crippen molar-refractivity contribution in [2.24, 2.45) is 5.73 Å². The van der Waals surface area contributed by atoms with E-state index in [0.29, 0.717) is 13.2 Å². The van der Waals surface area contributed by atoms with Crippen LogP contribution in [0.5, 0.6) is 0 Å². The molecule has 3 atom stereocenters. The Hall–Kier alpha value is -1.04. The minimum atomic E-state index is -0.0552. The molecule has 3 N–H and O–H groups in total. The van der Waals surface area contributed by atoms with Crippen molar-refractivity contribution in [2.45, 2.75) is 44.1 Å². The van der Waals surface area contributed by atoms with E-state index in [9.17, 15) is 0 Å². The number of allylic oxidation sites excluding steroid dienone is 1. The maximum absolute atomic E-state index is 5.86. The van der Waals surface area contributed by atoms with E-state index in [1.54, 1.807) is 0 Å². The van der Waals surface area contributed by atoms with E-state index in [1.165, 1.54) is 12.8 Å². The average molecular weight is 266 g/mol. The molecule has 5 heteroatoms. The van der Waals surface area contributed by atoms with Gasteiger partial charge >= 0.3 is 0 Å². The first-order valence-corrected chi connectivity index (χ1v) is 7.10. The SMILES string of the molecule is NC1=CCC2N[C@@H](OCC3CCCCO3)COC2=C1. The molecular formula is C14H22N2O3. The van der Waals surface area contributed by atoms with Crippen LogP contribution in [0, 0.1) is 0 Å². The average Bonchev–Trinajstić information content (AvgIpc) is 2.46. The molecule has 2 fully saturated rings. The van der Waals surface area contributed by atoms with E-state index in [-0.39, 0.29) is 18.4 Å². The number of rotatable bonds is 3. The molecule has 1 aliphatic carbocycles. The second-order valence-corrected chi connectivity index (χ2v) is 5.33. The van der Waals surface area contributed by atoms with Gasteiger partial charge in [-0.3, -0.25) is 5.32 Å². The van der Waals surface area contributed by atoms with Gasteiger partial charge in [-0.15, -0.1) is 0 Å². The molecule has 0 aromatic rings. The van der Waals surface area contributed by atoms with Crippen LogP contribution >= 0.6 is 0 Å². The number of fused-ring (bicyclic) bond motifs is 1. The molecular weight excluding hydrogens is 244 g/mol. The van der Waals surface area contributed by atoms with Gasteiger partial charge in [-0.2, -0.15) is 0 Å². The smallest absolute Gasteiger partial charge is 0.143 e. The number of ether oxygens (including phenoxy) is 3.